The SMILES string of the molecule is O=C1CC(C(=O)N2CCc3[nH]n(-c4ccccc4)c(=O)c3C2)CN1Cc1ccccc1. The number of hydrogen-bond acceptors (Lipinski definition) is 3. The molecule has 3 aromatic rings. The molecule has 158 valence electrons. The molecule has 1 unspecified atom stereocenters. The second kappa shape index (κ2) is 7.91. The molecule has 1 fully saturated rings. The van der Waals surface area contributed by atoms with Crippen LogP contribution in [0, 0.1) is 5.92 Å². The molecule has 5 rings (SSSR count). The van der Waals surface area contributed by atoms with Gasteiger partial charge in [0.05, 0.1) is 23.7 Å². The van der Waals surface area contributed by atoms with E-state index in [0.29, 0.717) is 31.6 Å². The third-order valence-corrected chi connectivity index (χ3v) is 6.16. The molecule has 7 nitrogen and oxygen atoms in total. The van der Waals surface area contributed by atoms with Gasteiger partial charge in [0, 0.05) is 38.2 Å². The lowest BCUT2D eigenvalue weighted by Gasteiger charge is -2.28. The maximum atomic E-state index is 13.2. The Balaban J connectivity index is 1.29. The van der Waals surface area contributed by atoms with E-state index in [2.05, 4.69) is 5.10 Å². The zero-order chi connectivity index (χ0) is 21.4. The van der Waals surface area contributed by atoms with E-state index in [0.717, 1.165) is 16.9 Å². The summed E-state index contributed by atoms with van der Waals surface area (Å²) in [6.07, 6.45) is 0.834. The number of likely N-dealkylation sites (tertiary alicyclic amines) is 1. The summed E-state index contributed by atoms with van der Waals surface area (Å²) in [4.78, 5) is 42.1. The molecule has 0 radical (unpaired) electrons. The highest BCUT2D eigenvalue weighted by Gasteiger charge is 2.38. The zero-order valence-electron chi connectivity index (χ0n) is 17.2. The smallest absolute Gasteiger partial charge is 0.276 e. The van der Waals surface area contributed by atoms with Gasteiger partial charge >= 0.3 is 0 Å². The number of aromatic nitrogens is 2. The Labute approximate surface area is 179 Å². The van der Waals surface area contributed by atoms with Crippen LogP contribution in [0.2, 0.25) is 0 Å². The van der Waals surface area contributed by atoms with Crippen LogP contribution in [0.1, 0.15) is 23.2 Å². The number of fused-ring (bicyclic) bond motifs is 1. The number of benzene rings is 2. The first-order valence-electron chi connectivity index (χ1n) is 10.6. The Morgan fingerprint density at radius 3 is 2.45 bits per heavy atom. The third-order valence-electron chi connectivity index (χ3n) is 6.16. The summed E-state index contributed by atoms with van der Waals surface area (Å²) in [5.41, 5.74) is 3.23. The van der Waals surface area contributed by atoms with Crippen LogP contribution in [0.3, 0.4) is 0 Å². The number of carbonyl (C=O) groups excluding carboxylic acids is 2. The Morgan fingerprint density at radius 1 is 1.00 bits per heavy atom. The van der Waals surface area contributed by atoms with Crippen molar-refractivity contribution < 1.29 is 9.59 Å². The first-order chi connectivity index (χ1) is 15.1. The van der Waals surface area contributed by atoms with Crippen LogP contribution in [0.15, 0.2) is 65.5 Å². The lowest BCUT2D eigenvalue weighted by atomic mass is 10.0. The highest BCUT2D eigenvalue weighted by molar-refractivity contribution is 5.89. The van der Waals surface area contributed by atoms with Gasteiger partial charge in [-0.15, -0.1) is 0 Å². The molecule has 1 aromatic heterocycles. The van der Waals surface area contributed by atoms with E-state index < -0.39 is 0 Å². The van der Waals surface area contributed by atoms with Crippen molar-refractivity contribution in [1.29, 1.82) is 0 Å². The molecule has 0 saturated carbocycles. The molecule has 2 aliphatic rings. The number of amides is 2. The van der Waals surface area contributed by atoms with Gasteiger partial charge in [0.1, 0.15) is 0 Å². The van der Waals surface area contributed by atoms with E-state index in [4.69, 9.17) is 0 Å². The lowest BCUT2D eigenvalue weighted by molar-refractivity contribution is -0.136. The molecule has 1 atom stereocenters. The van der Waals surface area contributed by atoms with Gasteiger partial charge in [-0.25, -0.2) is 4.68 Å². The summed E-state index contributed by atoms with van der Waals surface area (Å²) in [6.45, 7) is 1.78. The molecule has 2 aromatic carbocycles. The van der Waals surface area contributed by atoms with Crippen LogP contribution in [-0.2, 0) is 29.1 Å². The van der Waals surface area contributed by atoms with Crippen LogP contribution in [0.25, 0.3) is 5.69 Å². The summed E-state index contributed by atoms with van der Waals surface area (Å²) >= 11 is 0. The Kier molecular flexibility index (Phi) is 4.94. The minimum absolute atomic E-state index is 0.00739. The first kappa shape index (κ1) is 19.4. The molecule has 31 heavy (non-hydrogen) atoms. The van der Waals surface area contributed by atoms with E-state index >= 15 is 0 Å². The maximum absolute atomic E-state index is 13.2. The number of rotatable bonds is 4. The van der Waals surface area contributed by atoms with Crippen LogP contribution < -0.4 is 5.56 Å². The molecule has 1 N–H and O–H groups in total. The van der Waals surface area contributed by atoms with Crippen molar-refractivity contribution in [3.8, 4) is 5.69 Å². The van der Waals surface area contributed by atoms with Crippen LogP contribution >= 0.6 is 0 Å². The van der Waals surface area contributed by atoms with Crippen LogP contribution in [-0.4, -0.2) is 44.5 Å². The van der Waals surface area contributed by atoms with Gasteiger partial charge < -0.3 is 9.80 Å². The molecule has 2 aliphatic heterocycles. The predicted octanol–water partition coefficient (Wildman–Crippen LogP) is 2.10. The van der Waals surface area contributed by atoms with Crippen LogP contribution in [0.4, 0.5) is 0 Å². The summed E-state index contributed by atoms with van der Waals surface area (Å²) in [6, 6.07) is 19.2. The molecule has 3 heterocycles. The van der Waals surface area contributed by atoms with Crippen molar-refractivity contribution in [3.63, 3.8) is 0 Å². The van der Waals surface area contributed by atoms with E-state index in [1.54, 1.807) is 14.5 Å². The average Bonchev–Trinajstić information content (AvgIpc) is 3.34. The fraction of sp³-hybridized carbons (Fsp3) is 0.292. The molecule has 1 saturated heterocycles. The molecular formula is C24H24N4O3. The Bertz CT molecular complexity index is 1170. The van der Waals surface area contributed by atoms with E-state index in [1.807, 2.05) is 60.7 Å². The lowest BCUT2D eigenvalue weighted by Crippen LogP contribution is -2.41. The quantitative estimate of drug-likeness (QED) is 0.708. The van der Waals surface area contributed by atoms with Crippen molar-refractivity contribution in [1.82, 2.24) is 19.6 Å². The highest BCUT2D eigenvalue weighted by Crippen LogP contribution is 2.25. The molecule has 0 bridgehead atoms. The largest absolute Gasteiger partial charge is 0.338 e. The number of H-pyrrole nitrogens is 1. The van der Waals surface area contributed by atoms with Crippen molar-refractivity contribution in [2.45, 2.75) is 25.9 Å². The van der Waals surface area contributed by atoms with Gasteiger partial charge in [0.15, 0.2) is 0 Å². The second-order valence-electron chi connectivity index (χ2n) is 8.22. The number of carbonyl (C=O) groups is 2. The normalized spacial score (nSPS) is 18.3. The number of nitrogens with one attached hydrogen (secondary N) is 1. The molecule has 7 heteroatoms. The number of nitrogens with zero attached hydrogens (tertiary/aromatic N) is 3. The van der Waals surface area contributed by atoms with Gasteiger partial charge in [-0.3, -0.25) is 19.5 Å². The van der Waals surface area contributed by atoms with Gasteiger partial charge in [-0.1, -0.05) is 48.5 Å². The highest BCUT2D eigenvalue weighted by atomic mass is 16.2. The number of aromatic amines is 1. The van der Waals surface area contributed by atoms with Gasteiger partial charge in [0.2, 0.25) is 11.8 Å². The van der Waals surface area contributed by atoms with Gasteiger partial charge in [-0.05, 0) is 17.7 Å². The standard InChI is InChI=1S/C24H24N4O3/c29-22-13-18(15-27(22)14-17-7-3-1-4-8-17)23(30)26-12-11-21-20(16-26)24(31)28(25-21)19-9-5-2-6-10-19/h1-10,18,25H,11-16H2. The summed E-state index contributed by atoms with van der Waals surface area (Å²) in [5.74, 6) is -0.387. The second-order valence-corrected chi connectivity index (χ2v) is 8.22. The summed E-state index contributed by atoms with van der Waals surface area (Å²) in [5, 5.41) is 3.19. The van der Waals surface area contributed by atoms with Crippen molar-refractivity contribution in [2.75, 3.05) is 13.1 Å². The van der Waals surface area contributed by atoms with E-state index in [9.17, 15) is 14.4 Å². The average molecular weight is 416 g/mol. The Morgan fingerprint density at radius 2 is 1.71 bits per heavy atom. The number of hydrogen-bond donors (Lipinski definition) is 1. The minimum Gasteiger partial charge on any atom is -0.338 e. The third kappa shape index (κ3) is 3.67. The van der Waals surface area contributed by atoms with E-state index in [1.165, 1.54) is 0 Å². The topological polar surface area (TPSA) is 78.4 Å². The van der Waals surface area contributed by atoms with Crippen molar-refractivity contribution in [3.05, 3.63) is 87.8 Å². The zero-order valence-corrected chi connectivity index (χ0v) is 17.2. The Hall–Kier alpha value is -3.61. The van der Waals surface area contributed by atoms with Gasteiger partial charge in [-0.2, -0.15) is 0 Å². The van der Waals surface area contributed by atoms with Crippen molar-refractivity contribution in [2.24, 2.45) is 5.92 Å². The summed E-state index contributed by atoms with van der Waals surface area (Å²) < 4.78 is 1.54. The van der Waals surface area contributed by atoms with Gasteiger partial charge in [0.25, 0.3) is 5.56 Å². The number of para-hydroxylation sites is 1. The van der Waals surface area contributed by atoms with Crippen molar-refractivity contribution >= 4 is 11.8 Å². The van der Waals surface area contributed by atoms with E-state index in [-0.39, 0.29) is 36.3 Å². The molecule has 0 aliphatic carbocycles. The molecule has 0 spiro atoms. The molecular weight excluding hydrogens is 392 g/mol. The monoisotopic (exact) mass is 416 g/mol. The fourth-order valence-electron chi connectivity index (χ4n) is 4.50. The van der Waals surface area contributed by atoms with Crippen LogP contribution in [0.5, 0.6) is 0 Å². The fourth-order valence-corrected chi connectivity index (χ4v) is 4.50. The minimum atomic E-state index is -0.354. The molecule has 2 amide bonds. The first-order valence-corrected chi connectivity index (χ1v) is 10.6. The maximum Gasteiger partial charge on any atom is 0.276 e. The summed E-state index contributed by atoms with van der Waals surface area (Å²) in [7, 11) is 0. The predicted molar refractivity (Wildman–Crippen MR) is 115 cm³/mol.